The van der Waals surface area contributed by atoms with Crippen LogP contribution in [0, 0.1) is 37.1 Å². The number of benzene rings is 6. The van der Waals surface area contributed by atoms with Gasteiger partial charge in [0.05, 0.1) is 25.6 Å². The normalized spacial score (nSPS) is 10.9. The molecule has 8 rings (SSSR count). The molecule has 10 nitrogen and oxygen atoms in total. The highest BCUT2D eigenvalue weighted by Gasteiger charge is 2.21. The van der Waals surface area contributed by atoms with Crippen molar-refractivity contribution in [1.82, 2.24) is 9.13 Å². The first-order chi connectivity index (χ1) is 32.6. The number of halogens is 6. The number of hydrogen-bond acceptors (Lipinski definition) is 7. The molecule has 0 aliphatic rings. The number of phenolic OH excluding ortho intramolecular Hbond substituents is 1. The van der Waals surface area contributed by atoms with Crippen LogP contribution in [0.5, 0.6) is 23.0 Å². The van der Waals surface area contributed by atoms with Gasteiger partial charge in [0.25, 0.3) is 0 Å². The maximum atomic E-state index is 14.1. The summed E-state index contributed by atoms with van der Waals surface area (Å²) in [7, 11) is 2.67. The molecule has 8 aromatic rings. The summed E-state index contributed by atoms with van der Waals surface area (Å²) in [6.07, 6.45) is 0. The van der Waals surface area contributed by atoms with Gasteiger partial charge in [-0.2, -0.15) is 0 Å². The Balaban J connectivity index is 0.000000201. The SMILES string of the molecule is COC(=O)c1cc(-n2c(C)ccc2-c2cc(Br)ccc2OCc2ccc(F)cc2F)ccc1O.COc1ccc(-n2c(C)ccc2-c2cc(Br)ccc2OCc2ccc(F)cc2F)cc1C(=O)O. The highest BCUT2D eigenvalue weighted by Crippen LogP contribution is 2.39. The summed E-state index contributed by atoms with van der Waals surface area (Å²) in [4.78, 5) is 23.8. The Bertz CT molecular complexity index is 3190. The van der Waals surface area contributed by atoms with Crippen LogP contribution in [0.15, 0.2) is 142 Å². The van der Waals surface area contributed by atoms with Crippen LogP contribution in [0.4, 0.5) is 17.6 Å². The molecule has 2 heterocycles. The molecule has 0 radical (unpaired) electrons. The number of carbonyl (C=O) groups excluding carboxylic acids is 1. The maximum absolute atomic E-state index is 14.1. The summed E-state index contributed by atoms with van der Waals surface area (Å²) >= 11 is 6.97. The number of hydrogen-bond donors (Lipinski definition) is 2. The lowest BCUT2D eigenvalue weighted by molar-refractivity contribution is 0.0596. The van der Waals surface area contributed by atoms with Gasteiger partial charge in [0, 0.05) is 66.1 Å². The third-order valence-corrected chi connectivity index (χ3v) is 11.7. The summed E-state index contributed by atoms with van der Waals surface area (Å²) in [6.45, 7) is 3.62. The molecule has 0 fully saturated rings. The molecule has 0 saturated heterocycles. The zero-order chi connectivity index (χ0) is 48.8. The Kier molecular flexibility index (Phi) is 15.1. The van der Waals surface area contributed by atoms with E-state index < -0.39 is 35.2 Å². The molecule has 2 aromatic heterocycles. The molecule has 0 atom stereocenters. The number of aryl methyl sites for hydroxylation is 2. The molecule has 0 aliphatic heterocycles. The minimum Gasteiger partial charge on any atom is -0.507 e. The van der Waals surface area contributed by atoms with Crippen molar-refractivity contribution >= 4 is 43.8 Å². The highest BCUT2D eigenvalue weighted by atomic mass is 79.9. The van der Waals surface area contributed by atoms with E-state index in [0.29, 0.717) is 34.0 Å². The van der Waals surface area contributed by atoms with Crippen LogP contribution >= 0.6 is 31.9 Å². The molecule has 0 spiro atoms. The summed E-state index contributed by atoms with van der Waals surface area (Å²) < 4.78 is 81.9. The van der Waals surface area contributed by atoms with Gasteiger partial charge >= 0.3 is 11.9 Å². The van der Waals surface area contributed by atoms with Crippen molar-refractivity contribution in [3.63, 3.8) is 0 Å². The number of phenols is 1. The zero-order valence-electron chi connectivity index (χ0n) is 36.6. The average molecular weight is 1060 g/mol. The predicted octanol–water partition coefficient (Wildman–Crippen LogP) is 13.3. The molecular weight excluding hydrogens is 1020 g/mol. The van der Waals surface area contributed by atoms with Crippen molar-refractivity contribution in [1.29, 1.82) is 0 Å². The Morgan fingerprint density at radius 1 is 0.559 bits per heavy atom. The minimum absolute atomic E-state index is 0.0385. The van der Waals surface area contributed by atoms with E-state index in [-0.39, 0.29) is 47.0 Å². The fourth-order valence-corrected chi connectivity index (χ4v) is 8.09. The predicted molar refractivity (Wildman–Crippen MR) is 255 cm³/mol. The monoisotopic (exact) mass is 1050 g/mol. The summed E-state index contributed by atoms with van der Waals surface area (Å²) in [5.74, 6) is -3.38. The quantitative estimate of drug-likeness (QED) is 0.0865. The van der Waals surface area contributed by atoms with Crippen molar-refractivity contribution < 1.29 is 56.3 Å². The topological polar surface area (TPSA) is 121 Å². The van der Waals surface area contributed by atoms with Gasteiger partial charge < -0.3 is 38.3 Å². The highest BCUT2D eigenvalue weighted by molar-refractivity contribution is 9.10. The summed E-state index contributed by atoms with van der Waals surface area (Å²) in [5.41, 5.74) is 6.43. The van der Waals surface area contributed by atoms with Crippen LogP contribution in [-0.4, -0.2) is 45.5 Å². The first-order valence-electron chi connectivity index (χ1n) is 20.5. The van der Waals surface area contributed by atoms with Crippen molar-refractivity contribution in [2.75, 3.05) is 14.2 Å². The molecule has 0 aliphatic carbocycles. The Hall–Kier alpha value is -7.30. The zero-order valence-corrected chi connectivity index (χ0v) is 39.8. The molecule has 16 heteroatoms. The largest absolute Gasteiger partial charge is 0.507 e. The van der Waals surface area contributed by atoms with Crippen LogP contribution in [0.3, 0.4) is 0 Å². The molecular formula is C52H40Br2F4N2O8. The van der Waals surface area contributed by atoms with Gasteiger partial charge in [-0.25, -0.2) is 27.2 Å². The van der Waals surface area contributed by atoms with E-state index in [1.807, 2.05) is 59.4 Å². The number of ether oxygens (including phenoxy) is 4. The first kappa shape index (κ1) is 48.6. The van der Waals surface area contributed by atoms with Crippen molar-refractivity contribution in [3.8, 4) is 56.9 Å². The van der Waals surface area contributed by atoms with Gasteiger partial charge in [-0.05, 0) is 135 Å². The van der Waals surface area contributed by atoms with Gasteiger partial charge in [0.15, 0.2) is 0 Å². The van der Waals surface area contributed by atoms with Crippen LogP contribution < -0.4 is 14.2 Å². The van der Waals surface area contributed by atoms with Crippen LogP contribution in [0.1, 0.15) is 43.2 Å². The molecule has 0 unspecified atom stereocenters. The second-order valence-corrected chi connectivity index (χ2v) is 16.9. The standard InChI is InChI=1S/2C26H20BrF2NO4/c1-15-3-8-23(30(15)19-7-9-24(31)21(13-19)26(32)33-2)20-11-17(27)5-10-25(20)34-14-16-4-6-18(28)12-22(16)29;1-15-3-8-23(30(15)19-7-10-24(33-2)21(13-19)26(31)32)20-11-17(27)5-9-25(20)34-14-16-4-6-18(28)12-22(16)29/h3-13,31H,14H2,1-2H3;3-13H,14H2,1-2H3,(H,31,32). The van der Waals surface area contributed by atoms with Crippen LogP contribution in [-0.2, 0) is 18.0 Å². The van der Waals surface area contributed by atoms with Crippen LogP contribution in [0.2, 0.25) is 0 Å². The van der Waals surface area contributed by atoms with E-state index in [9.17, 15) is 37.4 Å². The molecule has 0 saturated carbocycles. The maximum Gasteiger partial charge on any atom is 0.341 e. The third-order valence-electron chi connectivity index (χ3n) is 10.7. The van der Waals surface area contributed by atoms with E-state index in [1.54, 1.807) is 54.6 Å². The number of carbonyl (C=O) groups is 2. The van der Waals surface area contributed by atoms with Crippen molar-refractivity contribution in [2.45, 2.75) is 27.1 Å². The molecule has 2 N–H and O–H groups in total. The number of rotatable bonds is 13. The molecule has 0 bridgehead atoms. The number of esters is 1. The fraction of sp³-hybridized carbons (Fsp3) is 0.115. The van der Waals surface area contributed by atoms with Crippen molar-refractivity contribution in [2.24, 2.45) is 0 Å². The van der Waals surface area contributed by atoms with E-state index in [1.165, 1.54) is 44.6 Å². The van der Waals surface area contributed by atoms with E-state index in [2.05, 4.69) is 31.9 Å². The minimum atomic E-state index is -1.10. The lowest BCUT2D eigenvalue weighted by Crippen LogP contribution is -2.06. The van der Waals surface area contributed by atoms with Gasteiger partial charge in [0.1, 0.15) is 70.6 Å². The second kappa shape index (κ2) is 21.1. The lowest BCUT2D eigenvalue weighted by Gasteiger charge is -2.17. The molecule has 0 amide bonds. The van der Waals surface area contributed by atoms with Gasteiger partial charge in [-0.1, -0.05) is 31.9 Å². The second-order valence-electron chi connectivity index (χ2n) is 15.1. The third kappa shape index (κ3) is 10.8. The number of nitrogens with zero attached hydrogens (tertiary/aromatic N) is 2. The Labute approximate surface area is 404 Å². The van der Waals surface area contributed by atoms with Gasteiger partial charge in [-0.15, -0.1) is 0 Å². The van der Waals surface area contributed by atoms with E-state index in [0.717, 1.165) is 43.9 Å². The number of aromatic nitrogens is 2. The molecule has 6 aromatic carbocycles. The number of methoxy groups -OCH3 is 2. The smallest absolute Gasteiger partial charge is 0.341 e. The molecule has 348 valence electrons. The van der Waals surface area contributed by atoms with E-state index >= 15 is 0 Å². The summed E-state index contributed by atoms with van der Waals surface area (Å²) in [5, 5.41) is 19.7. The Morgan fingerprint density at radius 2 is 1.01 bits per heavy atom. The average Bonchev–Trinajstić information content (AvgIpc) is 3.90. The van der Waals surface area contributed by atoms with Crippen molar-refractivity contribution in [3.05, 3.63) is 199 Å². The fourth-order valence-electron chi connectivity index (χ4n) is 7.37. The molecule has 68 heavy (non-hydrogen) atoms. The van der Waals surface area contributed by atoms with E-state index in [4.69, 9.17) is 18.9 Å². The number of carboxylic acid groups (broad SMARTS) is 1. The number of aromatic carboxylic acids is 1. The Morgan fingerprint density at radius 3 is 1.46 bits per heavy atom. The lowest BCUT2D eigenvalue weighted by atomic mass is 10.1. The first-order valence-corrected chi connectivity index (χ1v) is 22.1. The summed E-state index contributed by atoms with van der Waals surface area (Å²) in [6, 6.07) is 34.7. The number of aromatic hydroxyl groups is 1. The van der Waals surface area contributed by atoms with Crippen LogP contribution in [0.25, 0.3) is 33.9 Å². The van der Waals surface area contributed by atoms with Gasteiger partial charge in [-0.3, -0.25) is 0 Å². The number of carboxylic acids is 1. The van der Waals surface area contributed by atoms with Gasteiger partial charge in [0.2, 0.25) is 0 Å².